The Kier molecular flexibility index (Phi) is 7.39. The average molecular weight is 541 g/mol. The second-order valence-electron chi connectivity index (χ2n) is 10.2. The molecule has 3 aromatic heterocycles. The number of ether oxygens (including phenoxy) is 1. The number of nitrogens with one attached hydrogen (secondary N) is 1. The molecule has 5 rings (SSSR count). The van der Waals surface area contributed by atoms with E-state index in [-0.39, 0.29) is 18.4 Å². The lowest BCUT2D eigenvalue weighted by molar-refractivity contribution is -0.128. The van der Waals surface area contributed by atoms with Crippen molar-refractivity contribution in [3.05, 3.63) is 60.2 Å². The van der Waals surface area contributed by atoms with E-state index in [0.29, 0.717) is 53.3 Å². The number of aliphatic hydroxyl groups is 1. The summed E-state index contributed by atoms with van der Waals surface area (Å²) in [6, 6.07) is 10.6. The molecule has 12 heteroatoms. The van der Waals surface area contributed by atoms with Crippen molar-refractivity contribution in [2.45, 2.75) is 38.9 Å². The lowest BCUT2D eigenvalue weighted by Crippen LogP contribution is -2.34. The summed E-state index contributed by atoms with van der Waals surface area (Å²) in [7, 11) is 0. The van der Waals surface area contributed by atoms with E-state index >= 15 is 0 Å². The highest BCUT2D eigenvalue weighted by Gasteiger charge is 2.24. The third kappa shape index (κ3) is 6.22. The zero-order valence-electron chi connectivity index (χ0n) is 22.3. The molecule has 1 fully saturated rings. The fourth-order valence-electron chi connectivity index (χ4n) is 4.08. The van der Waals surface area contributed by atoms with Crippen molar-refractivity contribution in [1.29, 1.82) is 0 Å². The highest BCUT2D eigenvalue weighted by atomic mass is 16.6. The highest BCUT2D eigenvalue weighted by Crippen LogP contribution is 2.20. The van der Waals surface area contributed by atoms with Gasteiger partial charge in [-0.05, 0) is 63.3 Å². The van der Waals surface area contributed by atoms with Gasteiger partial charge >= 0.3 is 6.09 Å². The highest BCUT2D eigenvalue weighted by molar-refractivity contribution is 5.91. The van der Waals surface area contributed by atoms with Gasteiger partial charge in [0.25, 0.3) is 0 Å². The van der Waals surface area contributed by atoms with Crippen LogP contribution in [0.1, 0.15) is 38.6 Å². The van der Waals surface area contributed by atoms with E-state index in [1.165, 1.54) is 4.68 Å². The minimum Gasteiger partial charge on any atom is -0.442 e. The van der Waals surface area contributed by atoms with E-state index in [1.807, 2.05) is 18.2 Å². The SMILES string of the molecule is CC(C)(C)OC(=O)n1nc(C#Cc2ccnc(-c3ccnc(NCC(=O)N4CCC(O)C4)n3)n2)c2ccccc21. The molecule has 0 radical (unpaired) electrons. The maximum atomic E-state index is 12.7. The van der Waals surface area contributed by atoms with E-state index in [0.717, 1.165) is 0 Å². The van der Waals surface area contributed by atoms with Crippen molar-refractivity contribution < 1.29 is 19.4 Å². The number of likely N-dealkylation sites (tertiary alicyclic amines) is 1. The number of nitrogens with zero attached hydrogens (tertiary/aromatic N) is 7. The molecule has 0 spiro atoms. The molecule has 1 aromatic carbocycles. The monoisotopic (exact) mass is 540 g/mol. The van der Waals surface area contributed by atoms with Crippen molar-refractivity contribution in [2.24, 2.45) is 0 Å². The van der Waals surface area contributed by atoms with Gasteiger partial charge in [-0.3, -0.25) is 4.79 Å². The molecule has 1 aliphatic heterocycles. The summed E-state index contributed by atoms with van der Waals surface area (Å²) in [5.41, 5.74) is 1.20. The van der Waals surface area contributed by atoms with E-state index in [1.54, 1.807) is 56.3 Å². The molecule has 1 saturated heterocycles. The van der Waals surface area contributed by atoms with Crippen LogP contribution in [-0.4, -0.2) is 83.1 Å². The summed E-state index contributed by atoms with van der Waals surface area (Å²) in [5, 5.41) is 17.7. The Hall–Kier alpha value is -4.89. The summed E-state index contributed by atoms with van der Waals surface area (Å²) in [6.07, 6.45) is 2.63. The number of fused-ring (bicyclic) bond motifs is 1. The van der Waals surface area contributed by atoms with Gasteiger partial charge < -0.3 is 20.1 Å². The van der Waals surface area contributed by atoms with Gasteiger partial charge in [-0.1, -0.05) is 12.1 Å². The van der Waals surface area contributed by atoms with Crippen molar-refractivity contribution in [2.75, 3.05) is 25.0 Å². The number of amides is 1. The molecular formula is C28H28N8O4. The van der Waals surface area contributed by atoms with E-state index in [2.05, 4.69) is 42.2 Å². The molecule has 2 N–H and O–H groups in total. The number of β-amino-alcohol motifs (C(OH)–C–C–N with tert-alkyl or cyclic N) is 1. The summed E-state index contributed by atoms with van der Waals surface area (Å²) < 4.78 is 6.70. The molecule has 12 nitrogen and oxygen atoms in total. The van der Waals surface area contributed by atoms with Gasteiger partial charge in [0.2, 0.25) is 11.9 Å². The van der Waals surface area contributed by atoms with Crippen LogP contribution in [-0.2, 0) is 9.53 Å². The summed E-state index contributed by atoms with van der Waals surface area (Å²) in [5.74, 6) is 6.45. The van der Waals surface area contributed by atoms with Crippen LogP contribution in [0.4, 0.5) is 10.7 Å². The first-order valence-electron chi connectivity index (χ1n) is 12.8. The Morgan fingerprint density at radius 2 is 1.90 bits per heavy atom. The van der Waals surface area contributed by atoms with Crippen LogP contribution in [0, 0.1) is 11.8 Å². The predicted octanol–water partition coefficient (Wildman–Crippen LogP) is 2.47. The number of anilines is 1. The summed E-state index contributed by atoms with van der Waals surface area (Å²) in [4.78, 5) is 44.1. The topological polar surface area (TPSA) is 148 Å². The molecule has 4 aromatic rings. The molecule has 1 unspecified atom stereocenters. The number of carbonyl (C=O) groups excluding carboxylic acids is 2. The molecule has 40 heavy (non-hydrogen) atoms. The minimum absolute atomic E-state index is 0.00639. The van der Waals surface area contributed by atoms with E-state index in [9.17, 15) is 14.7 Å². The first kappa shape index (κ1) is 26.7. The number of rotatable bonds is 4. The summed E-state index contributed by atoms with van der Waals surface area (Å²) >= 11 is 0. The average Bonchev–Trinajstić information content (AvgIpc) is 3.54. The molecule has 4 heterocycles. The quantitative estimate of drug-likeness (QED) is 0.370. The Balaban J connectivity index is 1.34. The van der Waals surface area contributed by atoms with Crippen LogP contribution in [0.5, 0.6) is 0 Å². The molecule has 1 amide bonds. The molecule has 0 bridgehead atoms. The van der Waals surface area contributed by atoms with Crippen molar-refractivity contribution in [1.82, 2.24) is 34.6 Å². The summed E-state index contributed by atoms with van der Waals surface area (Å²) in [6.45, 7) is 6.25. The van der Waals surface area contributed by atoms with Gasteiger partial charge in [0.15, 0.2) is 5.82 Å². The molecule has 0 aliphatic carbocycles. The molecular weight excluding hydrogens is 512 g/mol. The number of carbonyl (C=O) groups is 2. The van der Waals surface area contributed by atoms with Crippen molar-refractivity contribution in [3.63, 3.8) is 0 Å². The second-order valence-corrected chi connectivity index (χ2v) is 10.2. The standard InChI is InChI=1S/C28H28N8O4/c1-28(2,3)40-27(39)36-23-7-5-4-6-20(23)21(34-36)9-8-18-10-13-29-25(32-18)22-11-14-30-26(33-22)31-16-24(38)35-15-12-19(37)17-35/h4-7,10-11,13-14,19,37H,12,15-17H2,1-3H3,(H,30,31,33). The zero-order chi connectivity index (χ0) is 28.3. The van der Waals surface area contributed by atoms with Gasteiger partial charge in [0.05, 0.1) is 18.2 Å². The van der Waals surface area contributed by atoms with Gasteiger partial charge in [0.1, 0.15) is 22.7 Å². The molecule has 1 atom stereocenters. The molecule has 0 saturated carbocycles. The normalized spacial score (nSPS) is 15.0. The Morgan fingerprint density at radius 3 is 2.67 bits per heavy atom. The Morgan fingerprint density at radius 1 is 1.10 bits per heavy atom. The van der Waals surface area contributed by atoms with Crippen molar-refractivity contribution >= 4 is 28.9 Å². The van der Waals surface area contributed by atoms with Crippen LogP contribution >= 0.6 is 0 Å². The lowest BCUT2D eigenvalue weighted by Gasteiger charge is -2.19. The van der Waals surface area contributed by atoms with E-state index < -0.39 is 17.8 Å². The largest absolute Gasteiger partial charge is 0.442 e. The third-order valence-electron chi connectivity index (χ3n) is 5.92. The number of hydrogen-bond donors (Lipinski definition) is 2. The number of aromatic nitrogens is 6. The Labute approximate surface area is 230 Å². The van der Waals surface area contributed by atoms with Gasteiger partial charge in [-0.2, -0.15) is 9.78 Å². The first-order chi connectivity index (χ1) is 19.2. The number of para-hydroxylation sites is 1. The van der Waals surface area contributed by atoms with Gasteiger partial charge in [-0.25, -0.2) is 24.7 Å². The number of aliphatic hydroxyl groups excluding tert-OH is 1. The lowest BCUT2D eigenvalue weighted by atomic mass is 10.2. The van der Waals surface area contributed by atoms with Crippen LogP contribution in [0.2, 0.25) is 0 Å². The zero-order valence-corrected chi connectivity index (χ0v) is 22.3. The smallest absolute Gasteiger partial charge is 0.435 e. The van der Waals surface area contributed by atoms with Crippen LogP contribution in [0.25, 0.3) is 22.4 Å². The van der Waals surface area contributed by atoms with Crippen LogP contribution < -0.4 is 5.32 Å². The predicted molar refractivity (Wildman–Crippen MR) is 146 cm³/mol. The molecule has 204 valence electrons. The number of hydrogen-bond acceptors (Lipinski definition) is 10. The van der Waals surface area contributed by atoms with Crippen LogP contribution in [0.15, 0.2) is 48.8 Å². The van der Waals surface area contributed by atoms with E-state index in [4.69, 9.17) is 4.74 Å². The maximum absolute atomic E-state index is 12.7. The van der Waals surface area contributed by atoms with Crippen molar-refractivity contribution in [3.8, 4) is 23.4 Å². The van der Waals surface area contributed by atoms with Gasteiger partial charge in [0, 0.05) is 30.9 Å². The first-order valence-corrected chi connectivity index (χ1v) is 12.8. The Bertz CT molecular complexity index is 1630. The fraction of sp³-hybridized carbons (Fsp3) is 0.321. The van der Waals surface area contributed by atoms with Gasteiger partial charge in [-0.15, -0.1) is 0 Å². The number of benzene rings is 1. The molecule has 1 aliphatic rings. The maximum Gasteiger partial charge on any atom is 0.435 e. The fourth-order valence-corrected chi connectivity index (χ4v) is 4.08. The van der Waals surface area contributed by atoms with Crippen LogP contribution in [0.3, 0.4) is 0 Å². The third-order valence-corrected chi connectivity index (χ3v) is 5.92. The second kappa shape index (κ2) is 11.1. The minimum atomic E-state index is -0.670.